The molecule has 0 spiro atoms. The number of rotatable bonds is 6. The highest BCUT2D eigenvalue weighted by molar-refractivity contribution is 5.91. The quantitative estimate of drug-likeness (QED) is 0.829. The molecule has 1 heterocycles. The predicted molar refractivity (Wildman–Crippen MR) is 83.8 cm³/mol. The summed E-state index contributed by atoms with van der Waals surface area (Å²) in [6.07, 6.45) is 5.09. The van der Waals surface area contributed by atoms with E-state index in [1.54, 1.807) is 0 Å². The molecule has 21 heavy (non-hydrogen) atoms. The lowest BCUT2D eigenvalue weighted by Crippen LogP contribution is -2.42. The van der Waals surface area contributed by atoms with E-state index >= 15 is 0 Å². The average Bonchev–Trinajstić information content (AvgIpc) is 2.48. The highest BCUT2D eigenvalue weighted by atomic mass is 16.3. The van der Waals surface area contributed by atoms with Gasteiger partial charge in [-0.05, 0) is 37.8 Å². The second-order valence-corrected chi connectivity index (χ2v) is 5.57. The fourth-order valence-corrected chi connectivity index (χ4v) is 2.84. The fraction of sp³-hybridized carbons (Fsp3) is 0.412. The van der Waals surface area contributed by atoms with Crippen LogP contribution < -0.4 is 4.90 Å². The number of aliphatic hydroxyl groups excluding tert-OH is 1. The molecule has 3 rings (SSSR count). The van der Waals surface area contributed by atoms with Gasteiger partial charge in [-0.3, -0.25) is 4.79 Å². The van der Waals surface area contributed by atoms with Crippen molar-refractivity contribution in [3.63, 3.8) is 0 Å². The molecule has 1 fully saturated rings. The number of carbonyl (C=O) groups excluding carboxylic acids is 1. The minimum absolute atomic E-state index is 0.160. The standard InChI is InChI=1S/C17H20N2O2/c20-10-4-9-19(15-6-3-7-15)17-14(12-21)11-13-5-1-2-8-16(13)18-17/h1-2,5,8,11-12,15,20H,3-4,6-7,9-10H2. The minimum atomic E-state index is 0.160. The van der Waals surface area contributed by atoms with Crippen LogP contribution in [0.25, 0.3) is 10.9 Å². The number of para-hydroxylation sites is 1. The summed E-state index contributed by atoms with van der Waals surface area (Å²) in [6.45, 7) is 0.903. The van der Waals surface area contributed by atoms with Crippen LogP contribution in [0.1, 0.15) is 36.0 Å². The number of aldehydes is 1. The number of pyridine rings is 1. The Morgan fingerprint density at radius 3 is 2.81 bits per heavy atom. The van der Waals surface area contributed by atoms with Crippen molar-refractivity contribution >= 4 is 23.0 Å². The van der Waals surface area contributed by atoms with Gasteiger partial charge >= 0.3 is 0 Å². The monoisotopic (exact) mass is 284 g/mol. The van der Waals surface area contributed by atoms with Crippen molar-refractivity contribution in [1.29, 1.82) is 0 Å². The lowest BCUT2D eigenvalue weighted by atomic mass is 9.91. The number of fused-ring (bicyclic) bond motifs is 1. The van der Waals surface area contributed by atoms with E-state index in [0.717, 1.165) is 42.4 Å². The average molecular weight is 284 g/mol. The molecule has 0 atom stereocenters. The lowest BCUT2D eigenvalue weighted by Gasteiger charge is -2.39. The van der Waals surface area contributed by atoms with Gasteiger partial charge in [-0.15, -0.1) is 0 Å². The Morgan fingerprint density at radius 2 is 2.14 bits per heavy atom. The molecule has 1 N–H and O–H groups in total. The van der Waals surface area contributed by atoms with Gasteiger partial charge in [-0.25, -0.2) is 4.98 Å². The van der Waals surface area contributed by atoms with E-state index < -0.39 is 0 Å². The van der Waals surface area contributed by atoms with Crippen molar-refractivity contribution in [2.75, 3.05) is 18.1 Å². The summed E-state index contributed by atoms with van der Waals surface area (Å²) in [5.74, 6) is 0.766. The molecule has 0 aliphatic heterocycles. The molecule has 1 saturated carbocycles. The van der Waals surface area contributed by atoms with E-state index in [0.29, 0.717) is 18.0 Å². The van der Waals surface area contributed by atoms with Gasteiger partial charge in [0.2, 0.25) is 0 Å². The molecule has 1 aromatic carbocycles. The van der Waals surface area contributed by atoms with Gasteiger partial charge in [0.15, 0.2) is 6.29 Å². The molecule has 2 aromatic rings. The lowest BCUT2D eigenvalue weighted by molar-refractivity contribution is 0.112. The van der Waals surface area contributed by atoms with Crippen LogP contribution in [-0.2, 0) is 0 Å². The first-order chi connectivity index (χ1) is 10.3. The Morgan fingerprint density at radius 1 is 1.33 bits per heavy atom. The van der Waals surface area contributed by atoms with Gasteiger partial charge < -0.3 is 10.0 Å². The minimum Gasteiger partial charge on any atom is -0.396 e. The molecule has 1 aliphatic carbocycles. The van der Waals surface area contributed by atoms with Crippen LogP contribution in [-0.4, -0.2) is 35.6 Å². The van der Waals surface area contributed by atoms with Gasteiger partial charge in [0.25, 0.3) is 0 Å². The van der Waals surface area contributed by atoms with Crippen LogP contribution in [0, 0.1) is 0 Å². The zero-order valence-electron chi connectivity index (χ0n) is 12.0. The maximum atomic E-state index is 11.5. The second kappa shape index (κ2) is 6.22. The molecular formula is C17H20N2O2. The highest BCUT2D eigenvalue weighted by Gasteiger charge is 2.27. The Bertz CT molecular complexity index is 638. The molecular weight excluding hydrogens is 264 g/mol. The van der Waals surface area contributed by atoms with Gasteiger partial charge in [0, 0.05) is 24.6 Å². The summed E-state index contributed by atoms with van der Waals surface area (Å²) in [5, 5.41) is 10.1. The normalized spacial score (nSPS) is 14.9. The Labute approximate surface area is 124 Å². The number of carbonyl (C=O) groups is 1. The molecule has 0 amide bonds. The van der Waals surface area contributed by atoms with E-state index in [-0.39, 0.29) is 6.61 Å². The zero-order valence-corrected chi connectivity index (χ0v) is 12.0. The number of benzene rings is 1. The number of anilines is 1. The van der Waals surface area contributed by atoms with Gasteiger partial charge in [0.1, 0.15) is 5.82 Å². The molecule has 110 valence electrons. The first-order valence-corrected chi connectivity index (χ1v) is 7.56. The highest BCUT2D eigenvalue weighted by Crippen LogP contribution is 2.31. The topological polar surface area (TPSA) is 53.4 Å². The summed E-state index contributed by atoms with van der Waals surface area (Å²) in [4.78, 5) is 18.4. The third-order valence-corrected chi connectivity index (χ3v) is 4.20. The van der Waals surface area contributed by atoms with Crippen LogP contribution >= 0.6 is 0 Å². The SMILES string of the molecule is O=Cc1cc2ccccc2nc1N(CCCO)C1CCC1. The summed E-state index contributed by atoms with van der Waals surface area (Å²) in [5.41, 5.74) is 1.55. The first kappa shape index (κ1) is 14.0. The van der Waals surface area contributed by atoms with E-state index in [9.17, 15) is 4.79 Å². The molecule has 4 nitrogen and oxygen atoms in total. The van der Waals surface area contributed by atoms with Crippen LogP contribution in [0.15, 0.2) is 30.3 Å². The maximum Gasteiger partial charge on any atom is 0.153 e. The number of hydrogen-bond donors (Lipinski definition) is 1. The van der Waals surface area contributed by atoms with E-state index in [1.165, 1.54) is 6.42 Å². The largest absolute Gasteiger partial charge is 0.396 e. The van der Waals surface area contributed by atoms with E-state index in [4.69, 9.17) is 10.1 Å². The Kier molecular flexibility index (Phi) is 4.15. The number of nitrogens with zero attached hydrogens (tertiary/aromatic N) is 2. The third kappa shape index (κ3) is 2.76. The molecule has 0 bridgehead atoms. The fourth-order valence-electron chi connectivity index (χ4n) is 2.84. The molecule has 0 unspecified atom stereocenters. The van der Waals surface area contributed by atoms with Crippen molar-refractivity contribution in [2.24, 2.45) is 0 Å². The first-order valence-electron chi connectivity index (χ1n) is 7.56. The van der Waals surface area contributed by atoms with Crippen molar-refractivity contribution in [1.82, 2.24) is 4.98 Å². The van der Waals surface area contributed by atoms with Gasteiger partial charge in [-0.2, -0.15) is 0 Å². The van der Waals surface area contributed by atoms with Crippen LogP contribution in [0.2, 0.25) is 0 Å². The smallest absolute Gasteiger partial charge is 0.153 e. The van der Waals surface area contributed by atoms with Crippen molar-refractivity contribution < 1.29 is 9.90 Å². The van der Waals surface area contributed by atoms with Crippen molar-refractivity contribution in [3.05, 3.63) is 35.9 Å². The van der Waals surface area contributed by atoms with Crippen molar-refractivity contribution in [3.8, 4) is 0 Å². The van der Waals surface area contributed by atoms with Gasteiger partial charge in [-0.1, -0.05) is 18.2 Å². The zero-order chi connectivity index (χ0) is 14.7. The van der Waals surface area contributed by atoms with E-state index in [2.05, 4.69) is 4.90 Å². The van der Waals surface area contributed by atoms with Crippen LogP contribution in [0.3, 0.4) is 0 Å². The summed E-state index contributed by atoms with van der Waals surface area (Å²) < 4.78 is 0. The summed E-state index contributed by atoms with van der Waals surface area (Å²) >= 11 is 0. The van der Waals surface area contributed by atoms with Crippen LogP contribution in [0.4, 0.5) is 5.82 Å². The maximum absolute atomic E-state index is 11.5. The molecule has 0 saturated heterocycles. The Hall–Kier alpha value is -1.94. The summed E-state index contributed by atoms with van der Waals surface area (Å²) in [7, 11) is 0. The second-order valence-electron chi connectivity index (χ2n) is 5.57. The van der Waals surface area contributed by atoms with Crippen LogP contribution in [0.5, 0.6) is 0 Å². The number of hydrogen-bond acceptors (Lipinski definition) is 4. The van der Waals surface area contributed by atoms with E-state index in [1.807, 2.05) is 30.3 Å². The van der Waals surface area contributed by atoms with Gasteiger partial charge in [0.05, 0.1) is 11.1 Å². The molecule has 0 radical (unpaired) electrons. The number of aromatic nitrogens is 1. The predicted octanol–water partition coefficient (Wildman–Crippen LogP) is 2.79. The Balaban J connectivity index is 2.03. The van der Waals surface area contributed by atoms with Crippen molar-refractivity contribution in [2.45, 2.75) is 31.7 Å². The summed E-state index contributed by atoms with van der Waals surface area (Å²) in [6, 6.07) is 10.2. The molecule has 4 heteroatoms. The molecule has 1 aromatic heterocycles. The number of aliphatic hydroxyl groups is 1. The molecule has 1 aliphatic rings. The third-order valence-electron chi connectivity index (χ3n) is 4.20.